The molecule has 1 saturated heterocycles. The molecule has 0 aliphatic carbocycles. The molecule has 0 spiro atoms. The summed E-state index contributed by atoms with van der Waals surface area (Å²) in [4.78, 5) is 15.2. The average Bonchev–Trinajstić information content (AvgIpc) is 3.26. The average molecular weight is 466 g/mol. The van der Waals surface area contributed by atoms with Crippen LogP contribution in [0, 0.1) is 0 Å². The van der Waals surface area contributed by atoms with Crippen molar-refractivity contribution in [3.63, 3.8) is 0 Å². The van der Waals surface area contributed by atoms with Gasteiger partial charge in [-0.05, 0) is 55.7 Å². The fourth-order valence-corrected chi connectivity index (χ4v) is 5.09. The number of nitrogens with zero attached hydrogens (tertiary/aromatic N) is 2. The van der Waals surface area contributed by atoms with Crippen LogP contribution in [0.15, 0.2) is 42.5 Å². The van der Waals surface area contributed by atoms with E-state index in [1.54, 1.807) is 12.1 Å². The van der Waals surface area contributed by atoms with Crippen molar-refractivity contribution in [2.75, 3.05) is 35.7 Å². The van der Waals surface area contributed by atoms with Gasteiger partial charge in [0.25, 0.3) is 0 Å². The first-order valence-electron chi connectivity index (χ1n) is 10.2. The molecule has 1 amide bonds. The molecule has 3 rings (SSSR count). The van der Waals surface area contributed by atoms with Crippen molar-refractivity contribution in [2.45, 2.75) is 32.4 Å². The van der Waals surface area contributed by atoms with Crippen LogP contribution in [-0.2, 0) is 21.4 Å². The molecular weight excluding hydrogens is 438 g/mol. The van der Waals surface area contributed by atoms with Gasteiger partial charge in [-0.2, -0.15) is 0 Å². The number of halogens is 1. The van der Waals surface area contributed by atoms with Crippen molar-refractivity contribution in [1.82, 2.24) is 5.32 Å². The number of amides is 1. The molecule has 31 heavy (non-hydrogen) atoms. The van der Waals surface area contributed by atoms with Gasteiger partial charge in [0.2, 0.25) is 15.9 Å². The number of nitrogens with one attached hydrogen (secondary N) is 1. The van der Waals surface area contributed by atoms with Gasteiger partial charge in [-0.15, -0.1) is 0 Å². The predicted octanol–water partition coefficient (Wildman–Crippen LogP) is 3.42. The molecule has 0 saturated carbocycles. The largest absolute Gasteiger partial charge is 0.495 e. The Morgan fingerprint density at radius 1 is 1.19 bits per heavy atom. The maximum atomic E-state index is 12.8. The number of hydrogen-bond donors (Lipinski definition) is 1. The van der Waals surface area contributed by atoms with E-state index in [-0.39, 0.29) is 5.69 Å². The van der Waals surface area contributed by atoms with E-state index in [4.69, 9.17) is 16.3 Å². The van der Waals surface area contributed by atoms with E-state index in [0.717, 1.165) is 29.2 Å². The highest BCUT2D eigenvalue weighted by molar-refractivity contribution is 7.92. The van der Waals surface area contributed by atoms with E-state index >= 15 is 0 Å². The maximum Gasteiger partial charge on any atom is 0.243 e. The Labute approximate surface area is 189 Å². The van der Waals surface area contributed by atoms with E-state index in [0.29, 0.717) is 17.3 Å². The van der Waals surface area contributed by atoms with E-state index < -0.39 is 22.0 Å². The summed E-state index contributed by atoms with van der Waals surface area (Å²) in [6.07, 6.45) is 3.47. The van der Waals surface area contributed by atoms with Gasteiger partial charge in [0.1, 0.15) is 11.8 Å². The molecule has 2 aromatic rings. The summed E-state index contributed by atoms with van der Waals surface area (Å²) in [5.41, 5.74) is 2.34. The monoisotopic (exact) mass is 465 g/mol. The number of anilines is 2. The van der Waals surface area contributed by atoms with Crippen molar-refractivity contribution in [1.29, 1.82) is 0 Å². The number of rotatable bonds is 8. The summed E-state index contributed by atoms with van der Waals surface area (Å²) in [5.74, 6) is -0.108. The molecule has 1 fully saturated rings. The highest BCUT2D eigenvalue weighted by atomic mass is 35.5. The summed E-state index contributed by atoms with van der Waals surface area (Å²) in [6, 6.07) is 11.7. The molecule has 0 unspecified atom stereocenters. The summed E-state index contributed by atoms with van der Waals surface area (Å²) in [5, 5.41) is 3.17. The first kappa shape index (κ1) is 23.2. The minimum atomic E-state index is -3.78. The first-order chi connectivity index (χ1) is 14.7. The molecule has 1 N–H and O–H groups in total. The Kier molecular flexibility index (Phi) is 7.33. The minimum Gasteiger partial charge on any atom is -0.495 e. The number of ether oxygens (including phenoxy) is 1. The quantitative estimate of drug-likeness (QED) is 0.646. The third kappa shape index (κ3) is 5.62. The van der Waals surface area contributed by atoms with Crippen molar-refractivity contribution < 1.29 is 17.9 Å². The smallest absolute Gasteiger partial charge is 0.243 e. The maximum absolute atomic E-state index is 12.8. The molecular formula is C22H28ClN3O4S. The van der Waals surface area contributed by atoms with E-state index in [1.165, 1.54) is 38.6 Å². The Balaban J connectivity index is 1.73. The van der Waals surface area contributed by atoms with Gasteiger partial charge in [0.15, 0.2) is 0 Å². The molecule has 1 aliphatic rings. The first-order valence-corrected chi connectivity index (χ1v) is 12.4. The SMILES string of the molecule is COc1ccc(Cl)cc1N([C@@H](C)C(=O)NCc1ccc(N2CCCC2)cc1)S(C)(=O)=O. The normalized spacial score (nSPS) is 14.9. The Morgan fingerprint density at radius 3 is 2.42 bits per heavy atom. The van der Waals surface area contributed by atoms with Crippen molar-refractivity contribution >= 4 is 38.9 Å². The zero-order valence-corrected chi connectivity index (χ0v) is 19.5. The highest BCUT2D eigenvalue weighted by Gasteiger charge is 2.31. The number of carbonyl (C=O) groups is 1. The second-order valence-corrected chi connectivity index (χ2v) is 9.93. The van der Waals surface area contributed by atoms with Crippen LogP contribution in [-0.4, -0.2) is 46.8 Å². The summed E-state index contributed by atoms with van der Waals surface area (Å²) in [7, 11) is -2.35. The van der Waals surface area contributed by atoms with Crippen LogP contribution in [0.4, 0.5) is 11.4 Å². The topological polar surface area (TPSA) is 79.0 Å². The zero-order valence-electron chi connectivity index (χ0n) is 18.0. The van der Waals surface area contributed by atoms with Gasteiger partial charge in [0.05, 0.1) is 19.1 Å². The lowest BCUT2D eigenvalue weighted by molar-refractivity contribution is -0.122. The molecule has 7 nitrogen and oxygen atoms in total. The fourth-order valence-electron chi connectivity index (χ4n) is 3.75. The summed E-state index contributed by atoms with van der Waals surface area (Å²) in [6.45, 7) is 3.98. The van der Waals surface area contributed by atoms with Crippen LogP contribution < -0.4 is 19.3 Å². The van der Waals surface area contributed by atoms with Gasteiger partial charge in [-0.25, -0.2) is 8.42 Å². The zero-order chi connectivity index (χ0) is 22.6. The Hall–Kier alpha value is -2.45. The number of carbonyl (C=O) groups excluding carboxylic acids is 1. The molecule has 2 aromatic carbocycles. The van der Waals surface area contributed by atoms with E-state index in [1.807, 2.05) is 12.1 Å². The van der Waals surface area contributed by atoms with E-state index in [2.05, 4.69) is 22.3 Å². The molecule has 168 valence electrons. The highest BCUT2D eigenvalue weighted by Crippen LogP contribution is 2.34. The molecule has 0 radical (unpaired) electrons. The van der Waals surface area contributed by atoms with Gasteiger partial charge in [-0.1, -0.05) is 23.7 Å². The summed E-state index contributed by atoms with van der Waals surface area (Å²) < 4.78 is 31.4. The van der Waals surface area contributed by atoms with Crippen LogP contribution in [0.3, 0.4) is 0 Å². The van der Waals surface area contributed by atoms with Gasteiger partial charge < -0.3 is 15.0 Å². The second kappa shape index (κ2) is 9.78. The van der Waals surface area contributed by atoms with Crippen LogP contribution in [0.5, 0.6) is 5.75 Å². The Morgan fingerprint density at radius 2 is 1.84 bits per heavy atom. The molecule has 1 heterocycles. The van der Waals surface area contributed by atoms with E-state index in [9.17, 15) is 13.2 Å². The van der Waals surface area contributed by atoms with Gasteiger partial charge in [0, 0.05) is 30.3 Å². The molecule has 9 heteroatoms. The van der Waals surface area contributed by atoms with Crippen molar-refractivity contribution in [2.24, 2.45) is 0 Å². The van der Waals surface area contributed by atoms with Gasteiger partial charge >= 0.3 is 0 Å². The lowest BCUT2D eigenvalue weighted by Crippen LogP contribution is -2.47. The molecule has 1 atom stereocenters. The van der Waals surface area contributed by atoms with Crippen LogP contribution in [0.1, 0.15) is 25.3 Å². The van der Waals surface area contributed by atoms with Crippen molar-refractivity contribution in [3.05, 3.63) is 53.1 Å². The van der Waals surface area contributed by atoms with Crippen LogP contribution in [0.25, 0.3) is 0 Å². The minimum absolute atomic E-state index is 0.218. The standard InChI is InChI=1S/C22H28ClN3O4S/c1-16(26(31(3,28)29)20-14-18(23)8-11-21(20)30-2)22(27)24-15-17-6-9-19(10-7-17)25-12-4-5-13-25/h6-11,14,16H,4-5,12-13,15H2,1-3H3,(H,24,27)/t16-/m0/s1. The van der Waals surface area contributed by atoms with Gasteiger partial charge in [-0.3, -0.25) is 9.10 Å². The number of benzene rings is 2. The lowest BCUT2D eigenvalue weighted by Gasteiger charge is -2.29. The lowest BCUT2D eigenvalue weighted by atomic mass is 10.2. The number of hydrogen-bond acceptors (Lipinski definition) is 5. The Bertz CT molecular complexity index is 1020. The van der Waals surface area contributed by atoms with Crippen LogP contribution >= 0.6 is 11.6 Å². The summed E-state index contributed by atoms with van der Waals surface area (Å²) >= 11 is 6.07. The van der Waals surface area contributed by atoms with Crippen molar-refractivity contribution in [3.8, 4) is 5.75 Å². The molecule has 1 aliphatic heterocycles. The molecule has 0 bridgehead atoms. The third-order valence-electron chi connectivity index (χ3n) is 5.34. The number of methoxy groups -OCH3 is 1. The second-order valence-electron chi connectivity index (χ2n) is 7.63. The molecule has 0 aromatic heterocycles. The third-order valence-corrected chi connectivity index (χ3v) is 6.80. The predicted molar refractivity (Wildman–Crippen MR) is 125 cm³/mol. The fraction of sp³-hybridized carbons (Fsp3) is 0.409. The van der Waals surface area contributed by atoms with Crippen LogP contribution in [0.2, 0.25) is 5.02 Å². The number of sulfonamides is 1.